The first-order valence-corrected chi connectivity index (χ1v) is 11.2. The van der Waals surface area contributed by atoms with Gasteiger partial charge in [0, 0.05) is 0 Å². The average molecular weight is 383 g/mol. The lowest BCUT2D eigenvalue weighted by atomic mass is 9.87. The summed E-state index contributed by atoms with van der Waals surface area (Å²) in [7, 11) is 0. The number of carbonyl (C=O) groups is 1. The van der Waals surface area contributed by atoms with Gasteiger partial charge in [0.2, 0.25) is 0 Å². The van der Waals surface area contributed by atoms with E-state index in [1.54, 1.807) is 6.92 Å². The maximum atomic E-state index is 11.6. The molecule has 0 amide bonds. The Labute approximate surface area is 166 Å². The monoisotopic (exact) mass is 382 g/mol. The number of hydrogen-bond donors (Lipinski definition) is 2. The van der Waals surface area contributed by atoms with Crippen LogP contribution in [0.2, 0.25) is 0 Å². The van der Waals surface area contributed by atoms with Gasteiger partial charge in [-0.2, -0.15) is 0 Å². The molecule has 0 bridgehead atoms. The molecule has 1 unspecified atom stereocenters. The van der Waals surface area contributed by atoms with Gasteiger partial charge in [-0.15, -0.1) is 0 Å². The van der Waals surface area contributed by atoms with E-state index in [0.29, 0.717) is 6.42 Å². The number of allylic oxidation sites excluding steroid dienone is 2. The summed E-state index contributed by atoms with van der Waals surface area (Å²) in [6.45, 7) is 3.66. The van der Waals surface area contributed by atoms with Crippen LogP contribution in [0.5, 0.6) is 0 Å². The molecule has 4 nitrogen and oxygen atoms in total. The molecule has 0 spiro atoms. The fraction of sp³-hybridized carbons (Fsp3) is 0.870. The Morgan fingerprint density at radius 2 is 1.44 bits per heavy atom. The lowest BCUT2D eigenvalue weighted by molar-refractivity contribution is -0.151. The van der Waals surface area contributed by atoms with Crippen LogP contribution in [0.15, 0.2) is 12.2 Å². The zero-order chi connectivity index (χ0) is 20.0. The molecule has 0 aromatic heterocycles. The van der Waals surface area contributed by atoms with Gasteiger partial charge in [0.15, 0.2) is 0 Å². The number of esters is 1. The predicted octanol–water partition coefficient (Wildman–Crippen LogP) is 5.31. The zero-order valence-corrected chi connectivity index (χ0v) is 17.6. The minimum atomic E-state index is -0.892. The third-order valence-electron chi connectivity index (χ3n) is 5.76. The van der Waals surface area contributed by atoms with Crippen LogP contribution in [-0.4, -0.2) is 34.5 Å². The highest BCUT2D eigenvalue weighted by Crippen LogP contribution is 2.35. The second-order valence-electron chi connectivity index (χ2n) is 8.30. The Bertz CT molecular complexity index is 421. The summed E-state index contributed by atoms with van der Waals surface area (Å²) in [5.41, 5.74) is -0.823. The fourth-order valence-corrected chi connectivity index (χ4v) is 3.85. The number of unbranched alkanes of at least 4 members (excludes halogenated alkanes) is 11. The van der Waals surface area contributed by atoms with Crippen LogP contribution in [-0.2, 0) is 9.53 Å². The van der Waals surface area contributed by atoms with Crippen molar-refractivity contribution in [3.05, 3.63) is 12.2 Å². The molecule has 0 aliphatic carbocycles. The summed E-state index contributed by atoms with van der Waals surface area (Å²) in [5, 5.41) is 19.4. The number of cyclic esters (lactones) is 1. The SMILES string of the molecule is CCC/C=C/CCCCCCCCCCCC[C@@]1(C)OC(=O)[C@@H](CO)C1O. The van der Waals surface area contributed by atoms with Crippen molar-refractivity contribution in [1.29, 1.82) is 0 Å². The topological polar surface area (TPSA) is 66.8 Å². The van der Waals surface area contributed by atoms with Gasteiger partial charge in [0.1, 0.15) is 17.6 Å². The van der Waals surface area contributed by atoms with E-state index in [0.717, 1.165) is 12.8 Å². The molecule has 3 atom stereocenters. The van der Waals surface area contributed by atoms with Crippen LogP contribution in [0.4, 0.5) is 0 Å². The number of carbonyl (C=O) groups excluding carboxylic acids is 1. The highest BCUT2D eigenvalue weighted by molar-refractivity contribution is 5.76. The minimum Gasteiger partial charge on any atom is -0.456 e. The van der Waals surface area contributed by atoms with Crippen molar-refractivity contribution in [3.8, 4) is 0 Å². The second kappa shape index (κ2) is 14.2. The Balaban J connectivity index is 1.91. The maximum absolute atomic E-state index is 11.6. The molecule has 4 heteroatoms. The van der Waals surface area contributed by atoms with Crippen LogP contribution in [0, 0.1) is 5.92 Å². The Morgan fingerprint density at radius 1 is 0.926 bits per heavy atom. The van der Waals surface area contributed by atoms with Gasteiger partial charge in [-0.05, 0) is 39.0 Å². The highest BCUT2D eigenvalue weighted by atomic mass is 16.6. The summed E-state index contributed by atoms with van der Waals surface area (Å²) < 4.78 is 5.33. The molecule has 158 valence electrons. The van der Waals surface area contributed by atoms with Crippen LogP contribution < -0.4 is 0 Å². The lowest BCUT2D eigenvalue weighted by Gasteiger charge is -2.27. The summed E-state index contributed by atoms with van der Waals surface area (Å²) in [6, 6.07) is 0. The Kier molecular flexibility index (Phi) is 12.7. The van der Waals surface area contributed by atoms with Crippen molar-refractivity contribution in [3.63, 3.8) is 0 Å². The predicted molar refractivity (Wildman–Crippen MR) is 111 cm³/mol. The second-order valence-corrected chi connectivity index (χ2v) is 8.30. The van der Waals surface area contributed by atoms with Crippen LogP contribution in [0.25, 0.3) is 0 Å². The number of rotatable bonds is 16. The standard InChI is InChI=1S/C23H42O4/c1-3-4-5-6-7-8-9-10-11-12-13-14-15-16-17-18-23(2)21(25)20(19-24)22(26)27-23/h5-6,20-21,24-25H,3-4,7-19H2,1-2H3/b6-5+/t20-,21?,23+/m0/s1. The molecule has 27 heavy (non-hydrogen) atoms. The molecule has 1 heterocycles. The maximum Gasteiger partial charge on any atom is 0.314 e. The lowest BCUT2D eigenvalue weighted by Crippen LogP contribution is -2.39. The third kappa shape index (κ3) is 9.25. The highest BCUT2D eigenvalue weighted by Gasteiger charge is 2.51. The van der Waals surface area contributed by atoms with Gasteiger partial charge in [-0.3, -0.25) is 4.79 Å². The van der Waals surface area contributed by atoms with Crippen molar-refractivity contribution in [1.82, 2.24) is 0 Å². The minimum absolute atomic E-state index is 0.342. The molecule has 1 aliphatic heterocycles. The zero-order valence-electron chi connectivity index (χ0n) is 17.6. The summed E-state index contributed by atoms with van der Waals surface area (Å²) >= 11 is 0. The van der Waals surface area contributed by atoms with Gasteiger partial charge in [-0.1, -0.05) is 76.9 Å². The van der Waals surface area contributed by atoms with Crippen LogP contribution in [0.1, 0.15) is 104 Å². The van der Waals surface area contributed by atoms with Crippen molar-refractivity contribution in [2.75, 3.05) is 6.61 Å². The van der Waals surface area contributed by atoms with E-state index in [9.17, 15) is 15.0 Å². The van der Waals surface area contributed by atoms with E-state index < -0.39 is 23.6 Å². The average Bonchev–Trinajstić information content (AvgIpc) is 2.86. The quantitative estimate of drug-likeness (QED) is 0.216. The molecular formula is C23H42O4. The van der Waals surface area contributed by atoms with Crippen molar-refractivity contribution < 1.29 is 19.7 Å². The molecule has 1 rings (SSSR count). The van der Waals surface area contributed by atoms with E-state index in [1.807, 2.05) is 0 Å². The van der Waals surface area contributed by atoms with Crippen LogP contribution in [0.3, 0.4) is 0 Å². The number of hydrogen-bond acceptors (Lipinski definition) is 4. The molecule has 0 saturated carbocycles. The molecule has 1 aliphatic rings. The smallest absolute Gasteiger partial charge is 0.314 e. The first kappa shape index (κ1) is 24.2. The fourth-order valence-electron chi connectivity index (χ4n) is 3.85. The van der Waals surface area contributed by atoms with E-state index in [2.05, 4.69) is 19.1 Å². The van der Waals surface area contributed by atoms with Crippen LogP contribution >= 0.6 is 0 Å². The molecule has 0 aromatic rings. The first-order valence-electron chi connectivity index (χ1n) is 11.2. The molecule has 2 N–H and O–H groups in total. The van der Waals surface area contributed by atoms with Crippen molar-refractivity contribution >= 4 is 5.97 Å². The molecule has 1 fully saturated rings. The van der Waals surface area contributed by atoms with Gasteiger partial charge in [0.25, 0.3) is 0 Å². The summed E-state index contributed by atoms with van der Waals surface area (Å²) in [5.74, 6) is -1.24. The van der Waals surface area contributed by atoms with Gasteiger partial charge in [0.05, 0.1) is 6.61 Å². The van der Waals surface area contributed by atoms with Crippen molar-refractivity contribution in [2.45, 2.75) is 115 Å². The van der Waals surface area contributed by atoms with Gasteiger partial charge >= 0.3 is 5.97 Å². The largest absolute Gasteiger partial charge is 0.456 e. The molecule has 0 radical (unpaired) electrons. The third-order valence-corrected chi connectivity index (χ3v) is 5.76. The molecular weight excluding hydrogens is 340 g/mol. The number of aliphatic hydroxyl groups excluding tert-OH is 2. The van der Waals surface area contributed by atoms with E-state index >= 15 is 0 Å². The first-order chi connectivity index (χ1) is 13.0. The number of ether oxygens (including phenoxy) is 1. The van der Waals surface area contributed by atoms with Crippen molar-refractivity contribution in [2.24, 2.45) is 5.92 Å². The van der Waals surface area contributed by atoms with Gasteiger partial charge in [-0.25, -0.2) is 0 Å². The van der Waals surface area contributed by atoms with E-state index in [4.69, 9.17) is 4.74 Å². The molecule has 0 aromatic carbocycles. The molecule has 1 saturated heterocycles. The van der Waals surface area contributed by atoms with E-state index in [1.165, 1.54) is 70.6 Å². The summed E-state index contributed by atoms with van der Waals surface area (Å²) in [4.78, 5) is 11.6. The Morgan fingerprint density at radius 3 is 1.96 bits per heavy atom. The van der Waals surface area contributed by atoms with E-state index in [-0.39, 0.29) is 6.61 Å². The summed E-state index contributed by atoms with van der Waals surface area (Å²) in [6.07, 6.45) is 20.7. The number of aliphatic hydroxyl groups is 2. The Hall–Kier alpha value is -0.870. The van der Waals surface area contributed by atoms with Gasteiger partial charge < -0.3 is 14.9 Å². The normalized spacial score (nSPS) is 25.4.